The van der Waals surface area contributed by atoms with E-state index in [0.717, 1.165) is 42.8 Å². The molecule has 5 nitrogen and oxygen atoms in total. The number of carbonyl (C=O) groups excluding carboxylic acids is 1. The molecule has 0 radical (unpaired) electrons. The van der Waals surface area contributed by atoms with Crippen LogP contribution in [0.1, 0.15) is 24.4 Å². The van der Waals surface area contributed by atoms with E-state index in [-0.39, 0.29) is 28.1 Å². The molecule has 10 heteroatoms. The van der Waals surface area contributed by atoms with Crippen molar-refractivity contribution < 1.29 is 18.0 Å². The Bertz CT molecular complexity index is 1190. The van der Waals surface area contributed by atoms with Gasteiger partial charge in [-0.1, -0.05) is 35.5 Å². The Kier molecular flexibility index (Phi) is 5.50. The number of carbonyl (C=O) groups is 1. The minimum absolute atomic E-state index is 0.0000639. The van der Waals surface area contributed by atoms with Crippen molar-refractivity contribution in [1.29, 1.82) is 0 Å². The van der Waals surface area contributed by atoms with Crippen molar-refractivity contribution in [3.8, 4) is 0 Å². The first kappa shape index (κ1) is 20.7. The lowest BCUT2D eigenvalue weighted by molar-refractivity contribution is -0.137. The van der Waals surface area contributed by atoms with Crippen LogP contribution in [0.15, 0.2) is 52.4 Å². The maximum absolute atomic E-state index is 12.9. The predicted octanol–water partition coefficient (Wildman–Crippen LogP) is 5.13. The number of para-hydroxylation sites is 1. The lowest BCUT2D eigenvalue weighted by Gasteiger charge is -2.13. The van der Waals surface area contributed by atoms with Crippen molar-refractivity contribution >= 4 is 45.9 Å². The molecule has 4 rings (SSSR count). The first-order valence-electron chi connectivity index (χ1n) is 9.05. The van der Waals surface area contributed by atoms with Gasteiger partial charge in [0.05, 0.1) is 32.9 Å². The zero-order valence-corrected chi connectivity index (χ0v) is 16.9. The van der Waals surface area contributed by atoms with Crippen LogP contribution in [0.3, 0.4) is 0 Å². The number of alkyl halides is 3. The summed E-state index contributed by atoms with van der Waals surface area (Å²) >= 11 is 6.98. The van der Waals surface area contributed by atoms with Gasteiger partial charge in [-0.25, -0.2) is 4.98 Å². The summed E-state index contributed by atoms with van der Waals surface area (Å²) in [4.78, 5) is 29.7. The van der Waals surface area contributed by atoms with Crippen LogP contribution in [0.25, 0.3) is 10.9 Å². The molecule has 0 aliphatic heterocycles. The number of thioether (sulfide) groups is 1. The van der Waals surface area contributed by atoms with E-state index in [1.807, 2.05) is 0 Å². The van der Waals surface area contributed by atoms with E-state index in [1.165, 1.54) is 0 Å². The number of anilines is 1. The molecule has 0 bridgehead atoms. The van der Waals surface area contributed by atoms with Crippen molar-refractivity contribution in [1.82, 2.24) is 9.55 Å². The normalized spacial score (nSPS) is 14.1. The summed E-state index contributed by atoms with van der Waals surface area (Å²) in [6.07, 6.45) is -2.83. The highest BCUT2D eigenvalue weighted by atomic mass is 35.5. The van der Waals surface area contributed by atoms with Crippen LogP contribution in [0, 0.1) is 0 Å². The minimum atomic E-state index is -4.55. The molecule has 1 aromatic heterocycles. The number of fused-ring (bicyclic) bond motifs is 1. The number of rotatable bonds is 5. The van der Waals surface area contributed by atoms with Gasteiger partial charge in [-0.05, 0) is 43.2 Å². The molecule has 30 heavy (non-hydrogen) atoms. The summed E-state index contributed by atoms with van der Waals surface area (Å²) in [7, 11) is 0. The third-order valence-corrected chi connectivity index (χ3v) is 5.87. The highest BCUT2D eigenvalue weighted by Gasteiger charge is 2.31. The first-order valence-corrected chi connectivity index (χ1v) is 10.4. The Labute approximate surface area is 178 Å². The number of hydrogen-bond donors (Lipinski definition) is 1. The van der Waals surface area contributed by atoms with Crippen molar-refractivity contribution in [3.63, 3.8) is 0 Å². The Morgan fingerprint density at radius 2 is 1.97 bits per heavy atom. The zero-order chi connectivity index (χ0) is 21.5. The second kappa shape index (κ2) is 7.96. The number of hydrogen-bond acceptors (Lipinski definition) is 4. The molecule has 1 aliphatic carbocycles. The van der Waals surface area contributed by atoms with Gasteiger partial charge in [-0.2, -0.15) is 13.2 Å². The number of nitrogens with one attached hydrogen (secondary N) is 1. The topological polar surface area (TPSA) is 64.0 Å². The molecule has 3 aromatic rings. The number of benzene rings is 2. The molecule has 1 amide bonds. The van der Waals surface area contributed by atoms with E-state index in [0.29, 0.717) is 16.1 Å². The molecule has 1 aliphatic rings. The van der Waals surface area contributed by atoms with Crippen molar-refractivity contribution in [2.24, 2.45) is 0 Å². The molecule has 0 saturated heterocycles. The third kappa shape index (κ3) is 4.32. The highest BCUT2D eigenvalue weighted by molar-refractivity contribution is 7.99. The van der Waals surface area contributed by atoms with E-state index in [4.69, 9.17) is 11.6 Å². The fourth-order valence-corrected chi connectivity index (χ4v) is 4.03. The first-order chi connectivity index (χ1) is 14.2. The van der Waals surface area contributed by atoms with Gasteiger partial charge in [0.25, 0.3) is 5.56 Å². The van der Waals surface area contributed by atoms with Crippen LogP contribution < -0.4 is 10.9 Å². The number of halogens is 4. The van der Waals surface area contributed by atoms with Gasteiger partial charge in [-0.3, -0.25) is 14.2 Å². The Morgan fingerprint density at radius 1 is 1.23 bits per heavy atom. The summed E-state index contributed by atoms with van der Waals surface area (Å²) in [5.41, 5.74) is -0.660. The monoisotopic (exact) mass is 453 g/mol. The van der Waals surface area contributed by atoms with Gasteiger partial charge in [-0.15, -0.1) is 0 Å². The van der Waals surface area contributed by atoms with Crippen LogP contribution in [0.2, 0.25) is 5.02 Å². The zero-order valence-electron chi connectivity index (χ0n) is 15.4. The Morgan fingerprint density at radius 3 is 2.67 bits per heavy atom. The molecular formula is C20H15ClF3N3O2S. The molecule has 2 aromatic carbocycles. The molecule has 1 N–H and O–H groups in total. The standard InChI is InChI=1S/C20H15ClF3N3O2S/c21-14-8-5-11(20(22,23)24)9-16(14)25-17(28)10-30-19-26-15-4-2-1-3-13(15)18(29)27(19)12-6-7-12/h1-5,8-9,12H,6-7,10H2,(H,25,28). The van der Waals surface area contributed by atoms with E-state index >= 15 is 0 Å². The van der Waals surface area contributed by atoms with Crippen LogP contribution in [-0.4, -0.2) is 21.2 Å². The van der Waals surface area contributed by atoms with Crippen molar-refractivity contribution in [2.75, 3.05) is 11.1 Å². The minimum Gasteiger partial charge on any atom is -0.324 e. The predicted molar refractivity (Wildman–Crippen MR) is 110 cm³/mol. The van der Waals surface area contributed by atoms with Crippen LogP contribution in [0.5, 0.6) is 0 Å². The lowest BCUT2D eigenvalue weighted by Crippen LogP contribution is -2.23. The molecule has 156 valence electrons. The molecule has 1 saturated carbocycles. The van der Waals surface area contributed by atoms with Crippen molar-refractivity contribution in [3.05, 3.63) is 63.4 Å². The SMILES string of the molecule is O=C(CSc1nc2ccccc2c(=O)n1C1CC1)Nc1cc(C(F)(F)F)ccc1Cl. The van der Waals surface area contributed by atoms with Crippen LogP contribution in [0.4, 0.5) is 18.9 Å². The van der Waals surface area contributed by atoms with Gasteiger partial charge in [0.1, 0.15) is 0 Å². The second-order valence-electron chi connectivity index (χ2n) is 6.85. The molecule has 1 fully saturated rings. The van der Waals surface area contributed by atoms with Gasteiger partial charge in [0.2, 0.25) is 5.91 Å². The Hall–Kier alpha value is -2.52. The van der Waals surface area contributed by atoms with Crippen molar-refractivity contribution in [2.45, 2.75) is 30.2 Å². The van der Waals surface area contributed by atoms with Crippen LogP contribution >= 0.6 is 23.4 Å². The van der Waals surface area contributed by atoms with E-state index in [9.17, 15) is 22.8 Å². The number of nitrogens with zero attached hydrogens (tertiary/aromatic N) is 2. The molecule has 1 heterocycles. The van der Waals surface area contributed by atoms with Gasteiger partial charge in [0.15, 0.2) is 5.16 Å². The third-order valence-electron chi connectivity index (χ3n) is 4.59. The van der Waals surface area contributed by atoms with Gasteiger partial charge in [0, 0.05) is 6.04 Å². The quantitative estimate of drug-likeness (QED) is 0.429. The molecule has 0 atom stereocenters. The summed E-state index contributed by atoms with van der Waals surface area (Å²) in [6.45, 7) is 0. The molecular weight excluding hydrogens is 439 g/mol. The largest absolute Gasteiger partial charge is 0.416 e. The Balaban J connectivity index is 1.54. The summed E-state index contributed by atoms with van der Waals surface area (Å²) in [5.74, 6) is -0.685. The van der Waals surface area contributed by atoms with Gasteiger partial charge < -0.3 is 5.32 Å². The summed E-state index contributed by atoms with van der Waals surface area (Å²) < 4.78 is 40.3. The maximum Gasteiger partial charge on any atom is 0.416 e. The van der Waals surface area contributed by atoms with E-state index < -0.39 is 17.6 Å². The maximum atomic E-state index is 12.9. The van der Waals surface area contributed by atoms with E-state index in [2.05, 4.69) is 10.3 Å². The molecule has 0 spiro atoms. The fourth-order valence-electron chi connectivity index (χ4n) is 3.00. The lowest BCUT2D eigenvalue weighted by atomic mass is 10.2. The van der Waals surface area contributed by atoms with Crippen LogP contribution in [-0.2, 0) is 11.0 Å². The fraction of sp³-hybridized carbons (Fsp3) is 0.250. The second-order valence-corrected chi connectivity index (χ2v) is 8.20. The number of aromatic nitrogens is 2. The highest BCUT2D eigenvalue weighted by Crippen LogP contribution is 2.37. The average Bonchev–Trinajstić information content (AvgIpc) is 3.52. The van der Waals surface area contributed by atoms with Gasteiger partial charge >= 0.3 is 6.18 Å². The summed E-state index contributed by atoms with van der Waals surface area (Å²) in [6, 6.07) is 9.75. The van der Waals surface area contributed by atoms with E-state index in [1.54, 1.807) is 28.8 Å². The number of amides is 1. The average molecular weight is 454 g/mol. The summed E-state index contributed by atoms with van der Waals surface area (Å²) in [5, 5.41) is 3.32. The molecule has 0 unspecified atom stereocenters. The smallest absolute Gasteiger partial charge is 0.324 e.